The lowest BCUT2D eigenvalue weighted by Gasteiger charge is -2.35. The number of hydrogen-bond acceptors (Lipinski definition) is 27. The van der Waals surface area contributed by atoms with E-state index in [0.717, 1.165) is 28.0 Å². The quantitative estimate of drug-likeness (QED) is 0.0127. The van der Waals surface area contributed by atoms with E-state index in [4.69, 9.17) is 75.0 Å². The van der Waals surface area contributed by atoms with Gasteiger partial charge in [0, 0.05) is 106 Å². The zero-order valence-electron chi connectivity index (χ0n) is 72.1. The normalized spacial score (nSPS) is 15.8. The molecule has 10 amide bonds. The number of benzene rings is 3. The third-order valence-electron chi connectivity index (χ3n) is 19.4. The topological polar surface area (TPSA) is 536 Å². The number of rotatable bonds is 63. The summed E-state index contributed by atoms with van der Waals surface area (Å²) in [6, 6.07) is 19.3. The Balaban J connectivity index is 1.01. The van der Waals surface area contributed by atoms with Gasteiger partial charge in [0.1, 0.15) is 31.4 Å². The Labute approximate surface area is 721 Å². The van der Waals surface area contributed by atoms with Crippen molar-refractivity contribution < 1.29 is 108 Å². The van der Waals surface area contributed by atoms with Gasteiger partial charge in [-0.3, -0.25) is 53.5 Å². The minimum Gasteiger partial charge on any atom is -0.461 e. The van der Waals surface area contributed by atoms with Gasteiger partial charge in [-0.05, 0) is 100 Å². The van der Waals surface area contributed by atoms with Crippen LogP contribution in [0.15, 0.2) is 84.2 Å². The molecule has 3 aromatic rings. The predicted molar refractivity (Wildman–Crippen MR) is 460 cm³/mol. The lowest BCUT2D eigenvalue weighted by atomic mass is 9.94. The van der Waals surface area contributed by atoms with Gasteiger partial charge in [-0.1, -0.05) is 82.3 Å². The molecule has 4 atom stereocenters. The predicted octanol–water partition coefficient (Wildman–Crippen LogP) is 3.01. The summed E-state index contributed by atoms with van der Waals surface area (Å²) in [6.45, 7) is 15.4. The van der Waals surface area contributed by atoms with Crippen LogP contribution in [0, 0.1) is 11.8 Å². The highest BCUT2D eigenvalue weighted by atomic mass is 32.2. The summed E-state index contributed by atoms with van der Waals surface area (Å²) in [5.74, 6) is 1.37. The van der Waals surface area contributed by atoms with Crippen molar-refractivity contribution in [3.05, 3.63) is 106 Å². The Morgan fingerprint density at radius 1 is 0.585 bits per heavy atom. The summed E-state index contributed by atoms with van der Waals surface area (Å²) in [5.41, 5.74) is 28.2. The number of primary amides is 2. The summed E-state index contributed by atoms with van der Waals surface area (Å²) in [7, 11) is -4.18. The average Bonchev–Trinajstić information content (AvgIpc) is 0.770. The van der Waals surface area contributed by atoms with Gasteiger partial charge in [0.05, 0.1) is 147 Å². The molecule has 38 nitrogen and oxygen atoms in total. The summed E-state index contributed by atoms with van der Waals surface area (Å²) >= 11 is 0. The van der Waals surface area contributed by atoms with Crippen molar-refractivity contribution in [2.45, 2.75) is 175 Å². The summed E-state index contributed by atoms with van der Waals surface area (Å²) in [6.07, 6.45) is 2.79. The fourth-order valence-corrected chi connectivity index (χ4v) is 13.3. The Morgan fingerprint density at radius 3 is 1.75 bits per heavy atom. The molecule has 0 radical (unpaired) electrons. The van der Waals surface area contributed by atoms with E-state index in [0.29, 0.717) is 80.0 Å². The van der Waals surface area contributed by atoms with E-state index >= 15 is 0 Å². The minimum absolute atomic E-state index is 0.00474. The Morgan fingerprint density at radius 2 is 1.15 bits per heavy atom. The molecule has 0 saturated heterocycles. The maximum absolute atomic E-state index is 13.8. The van der Waals surface area contributed by atoms with Crippen LogP contribution in [0.1, 0.15) is 154 Å². The number of ether oxygens (including phenoxy) is 10. The number of nitrogens with two attached hydrogens (primary N) is 4. The monoisotopic (exact) mass is 1750 g/mol. The van der Waals surface area contributed by atoms with Crippen LogP contribution < -0.4 is 75.9 Å². The van der Waals surface area contributed by atoms with E-state index in [2.05, 4.69) is 48.0 Å². The number of esters is 1. The number of unbranched alkanes of at least 4 members (excludes halogenated alkanes) is 2. The lowest BCUT2D eigenvalue weighted by molar-refractivity contribution is -0.148. The number of amides is 10. The minimum atomic E-state index is -4.18. The van der Waals surface area contributed by atoms with E-state index in [1.165, 1.54) is 0 Å². The smallest absolute Gasteiger partial charge is 0.315 e. The van der Waals surface area contributed by atoms with Crippen LogP contribution in [0.2, 0.25) is 0 Å². The molecule has 2 unspecified atom stereocenters. The second-order valence-electron chi connectivity index (χ2n) is 30.3. The summed E-state index contributed by atoms with van der Waals surface area (Å²) in [4.78, 5) is 133. The fraction of sp³-hybridized carbons (Fsp3) is 0.619. The molecule has 1 aliphatic carbocycles. The highest BCUT2D eigenvalue weighted by Gasteiger charge is 2.33. The van der Waals surface area contributed by atoms with Crippen LogP contribution in [-0.2, 0) is 114 Å². The fourth-order valence-electron chi connectivity index (χ4n) is 12.9. The molecule has 0 saturated carbocycles. The van der Waals surface area contributed by atoms with Gasteiger partial charge in [-0.25, -0.2) is 4.79 Å². The SMILES string of the molecule is CC(C)N/C1=C(\N)c2ccccc2N(C(=O)CCC(=O)NCCOCCOCCOCCOCCC(=O)N[C@H](CCCCNC(=O)COC2CCCC(N(CCCCC(=O)Nc3ccc(COC(=O)C(C)C)cc3)C(N)=O)C/C(NCCOCCOCCOCCOCCC(=O)NCCS(=O)(=O)O)=C\2NN)C(=O)N[C@H](C(N)=O)C(C)C)Cc2ccccc21. The van der Waals surface area contributed by atoms with Gasteiger partial charge in [-0.15, -0.1) is 0 Å². The Bertz CT molecular complexity index is 3930. The molecular formula is C84H133N15O23S. The number of hydrazine groups is 1. The van der Waals surface area contributed by atoms with Crippen LogP contribution in [0.5, 0.6) is 0 Å². The molecular weight excluding hydrogens is 1620 g/mol. The van der Waals surface area contributed by atoms with Crippen molar-refractivity contribution >= 4 is 92.1 Å². The number of para-hydroxylation sites is 1. The van der Waals surface area contributed by atoms with Crippen molar-refractivity contribution in [3.8, 4) is 0 Å². The van der Waals surface area contributed by atoms with E-state index in [1.54, 1.807) is 61.8 Å². The lowest BCUT2D eigenvalue weighted by Crippen LogP contribution is -2.54. The van der Waals surface area contributed by atoms with Crippen molar-refractivity contribution in [3.63, 3.8) is 0 Å². The number of nitrogens with one attached hydrogen (secondary N) is 9. The van der Waals surface area contributed by atoms with Crippen molar-refractivity contribution in [2.24, 2.45) is 34.9 Å². The summed E-state index contributed by atoms with van der Waals surface area (Å²) < 4.78 is 86.9. The maximum Gasteiger partial charge on any atom is 0.315 e. The van der Waals surface area contributed by atoms with Crippen molar-refractivity contribution in [1.29, 1.82) is 0 Å². The first-order chi connectivity index (χ1) is 59.0. The molecule has 1 heterocycles. The Hall–Kier alpha value is -9.65. The van der Waals surface area contributed by atoms with Crippen LogP contribution in [-0.4, -0.2) is 258 Å². The van der Waals surface area contributed by atoms with E-state index < -0.39 is 75.7 Å². The van der Waals surface area contributed by atoms with Gasteiger partial charge in [0.15, 0.2) is 0 Å². The first kappa shape index (κ1) is 104. The molecule has 39 heteroatoms. The summed E-state index contributed by atoms with van der Waals surface area (Å²) in [5, 5.41) is 23.3. The number of fused-ring (bicyclic) bond motifs is 2. The standard InChI is InChI=1S/C84H133N15O23S/c1-58(2)78(81(86)106)96-82(107)67(95-74(103)31-38-114-42-46-118-50-52-120-48-44-116-40-34-91-71(100)28-29-76(105)99-55-62-16-7-8-18-65(62)79(93-60(5)6)77(85)66-19-9-10-21-69(66)99)20-11-13-32-90-75(104)57-121-70-22-15-17-64(98(84(87)109)36-14-12-23-73(102)94-63-26-24-61(25-27-63)56-122-83(108)59(3)4)54-68(80(70)97-88)89-33-39-115-43-47-119-51-49-117-45-41-113-37-30-72(101)92-35-53-123(110,111)112/h7-10,16,18-19,21,24-27,58-60,64,67,70,78,89,93,97H,11-15,17,20,22-23,28-57,85,88H2,1-6H3,(H2,86,106)(H2,87,109)(H,90,104)(H,91,100)(H,92,101)(H,94,102)(H,95,103)(H,96,107)(H,110,111,112)/b79-77-,80-68-/t64?,67-,70?,78+/m1/s1. The van der Waals surface area contributed by atoms with E-state index in [-0.39, 0.29) is 238 Å². The van der Waals surface area contributed by atoms with Crippen LogP contribution in [0.4, 0.5) is 16.2 Å². The van der Waals surface area contributed by atoms with Gasteiger partial charge >= 0.3 is 12.0 Å². The molecule has 123 heavy (non-hydrogen) atoms. The molecule has 5 rings (SSSR count). The number of nitrogens with zero attached hydrogens (tertiary/aromatic N) is 2. The van der Waals surface area contributed by atoms with E-state index in [9.17, 15) is 56.4 Å². The molecule has 0 fully saturated rings. The maximum atomic E-state index is 13.8. The second-order valence-corrected chi connectivity index (χ2v) is 31.8. The van der Waals surface area contributed by atoms with E-state index in [1.807, 2.05) is 62.4 Å². The second kappa shape index (κ2) is 59.2. The van der Waals surface area contributed by atoms with Crippen LogP contribution in [0.3, 0.4) is 0 Å². The van der Waals surface area contributed by atoms with Crippen molar-refractivity contribution in [1.82, 2.24) is 47.5 Å². The third-order valence-corrected chi connectivity index (χ3v) is 20.1. The highest BCUT2D eigenvalue weighted by Crippen LogP contribution is 2.36. The zero-order valence-corrected chi connectivity index (χ0v) is 72.9. The molecule has 2 aliphatic rings. The number of hydrogen-bond donors (Lipinski definition) is 14. The Kier molecular flexibility index (Phi) is 50.0. The molecule has 0 bridgehead atoms. The number of anilines is 2. The number of carbonyl (C=O) groups is 10. The molecule has 0 spiro atoms. The van der Waals surface area contributed by atoms with Gasteiger partial charge < -0.3 is 122 Å². The number of carbonyl (C=O) groups excluding carboxylic acids is 10. The zero-order chi connectivity index (χ0) is 89.7. The average molecular weight is 1750 g/mol. The van der Waals surface area contributed by atoms with Crippen molar-refractivity contribution in [2.75, 3.05) is 161 Å². The van der Waals surface area contributed by atoms with Crippen LogP contribution >= 0.6 is 0 Å². The van der Waals surface area contributed by atoms with Gasteiger partial charge in [0.2, 0.25) is 47.3 Å². The van der Waals surface area contributed by atoms with Gasteiger partial charge in [-0.2, -0.15) is 8.42 Å². The highest BCUT2D eigenvalue weighted by molar-refractivity contribution is 7.85. The molecule has 3 aromatic carbocycles. The largest absolute Gasteiger partial charge is 0.461 e. The molecule has 688 valence electrons. The van der Waals surface area contributed by atoms with Gasteiger partial charge in [0.25, 0.3) is 10.1 Å². The number of urea groups is 1. The van der Waals surface area contributed by atoms with Crippen LogP contribution in [0.25, 0.3) is 11.4 Å². The molecule has 0 aromatic heterocycles. The first-order valence-corrected chi connectivity index (χ1v) is 43.8. The first-order valence-electron chi connectivity index (χ1n) is 42.2. The third kappa shape index (κ3) is 42.5. The molecule has 18 N–H and O–H groups in total. The molecule has 1 aliphatic heterocycles.